The van der Waals surface area contributed by atoms with Crippen LogP contribution >= 0.6 is 7.80 Å². The van der Waals surface area contributed by atoms with E-state index in [9.17, 15) is 4.57 Å². The van der Waals surface area contributed by atoms with Crippen LogP contribution in [0.4, 0.5) is 0 Å². The van der Waals surface area contributed by atoms with Gasteiger partial charge < -0.3 is 0 Å². The number of hydrogen-bond donors (Lipinski definition) is 0. The second-order valence-corrected chi connectivity index (χ2v) is 5.96. The zero-order chi connectivity index (χ0) is 13.0. The standard InChI is InChI=1S/C16H18OP/c1-3-13-7-5-9-15(11-13)18(17)16-10-6-8-14(4-2)12-16/h5-12H,3-4H2,1-2H3. The van der Waals surface area contributed by atoms with Crippen molar-refractivity contribution >= 4 is 18.4 Å². The van der Waals surface area contributed by atoms with Crippen LogP contribution in [0.3, 0.4) is 0 Å². The molecule has 0 atom stereocenters. The Labute approximate surface area is 110 Å². The number of hydrogen-bond acceptors (Lipinski definition) is 1. The zero-order valence-corrected chi connectivity index (χ0v) is 11.8. The van der Waals surface area contributed by atoms with Crippen LogP contribution in [0, 0.1) is 0 Å². The molecule has 0 fully saturated rings. The highest BCUT2D eigenvalue weighted by Gasteiger charge is 2.08. The molecule has 1 radical (unpaired) electrons. The van der Waals surface area contributed by atoms with Gasteiger partial charge in [0.2, 0.25) is 0 Å². The predicted octanol–water partition coefficient (Wildman–Crippen LogP) is 3.59. The first kappa shape index (κ1) is 13.0. The minimum atomic E-state index is -1.46. The molecule has 0 heterocycles. The van der Waals surface area contributed by atoms with Crippen LogP contribution in [-0.2, 0) is 17.4 Å². The van der Waals surface area contributed by atoms with Crippen molar-refractivity contribution in [2.24, 2.45) is 0 Å². The van der Waals surface area contributed by atoms with E-state index >= 15 is 0 Å². The summed E-state index contributed by atoms with van der Waals surface area (Å²) in [6.45, 7) is 4.23. The average Bonchev–Trinajstić information content (AvgIpc) is 2.46. The maximum Gasteiger partial charge on any atom is 0.136 e. The third-order valence-corrected chi connectivity index (χ3v) is 4.60. The summed E-state index contributed by atoms with van der Waals surface area (Å²) in [4.78, 5) is 0. The molecule has 0 saturated carbocycles. The van der Waals surface area contributed by atoms with Gasteiger partial charge in [0.05, 0.1) is 0 Å². The molecule has 0 N–H and O–H groups in total. The lowest BCUT2D eigenvalue weighted by molar-refractivity contribution is 0.598. The van der Waals surface area contributed by atoms with Gasteiger partial charge in [-0.3, -0.25) is 4.57 Å². The molecule has 0 aliphatic heterocycles. The Hall–Kier alpha value is -1.46. The average molecular weight is 257 g/mol. The van der Waals surface area contributed by atoms with Crippen molar-refractivity contribution < 1.29 is 4.57 Å². The summed E-state index contributed by atoms with van der Waals surface area (Å²) >= 11 is 0. The molecule has 0 aromatic heterocycles. The molecule has 93 valence electrons. The van der Waals surface area contributed by atoms with Crippen molar-refractivity contribution in [1.29, 1.82) is 0 Å². The van der Waals surface area contributed by atoms with Gasteiger partial charge in [-0.25, -0.2) is 0 Å². The smallest absolute Gasteiger partial charge is 0.136 e. The third kappa shape index (κ3) is 2.86. The Balaban J connectivity index is 2.34. The van der Waals surface area contributed by atoms with Crippen LogP contribution in [0.15, 0.2) is 48.5 Å². The Bertz CT molecular complexity index is 511. The molecule has 0 aliphatic rings. The fraction of sp³-hybridized carbons (Fsp3) is 0.250. The van der Waals surface area contributed by atoms with Gasteiger partial charge in [0.15, 0.2) is 0 Å². The van der Waals surface area contributed by atoms with E-state index in [2.05, 4.69) is 38.1 Å². The van der Waals surface area contributed by atoms with E-state index in [1.807, 2.05) is 24.3 Å². The summed E-state index contributed by atoms with van der Waals surface area (Å²) < 4.78 is 12.5. The Morgan fingerprint density at radius 2 is 1.28 bits per heavy atom. The summed E-state index contributed by atoms with van der Waals surface area (Å²) in [6.07, 6.45) is 1.96. The molecule has 0 bridgehead atoms. The van der Waals surface area contributed by atoms with E-state index in [4.69, 9.17) is 0 Å². The van der Waals surface area contributed by atoms with Crippen molar-refractivity contribution in [3.05, 3.63) is 59.7 Å². The Morgan fingerprint density at radius 1 is 0.833 bits per heavy atom. The van der Waals surface area contributed by atoms with Crippen LogP contribution in [0.2, 0.25) is 0 Å². The molecule has 2 rings (SSSR count). The van der Waals surface area contributed by atoms with Crippen molar-refractivity contribution in [2.45, 2.75) is 26.7 Å². The zero-order valence-electron chi connectivity index (χ0n) is 10.9. The van der Waals surface area contributed by atoms with E-state index in [0.29, 0.717) is 0 Å². The van der Waals surface area contributed by atoms with Gasteiger partial charge in [-0.05, 0) is 48.2 Å². The van der Waals surface area contributed by atoms with Gasteiger partial charge in [-0.2, -0.15) is 0 Å². The van der Waals surface area contributed by atoms with Crippen molar-refractivity contribution in [3.63, 3.8) is 0 Å². The van der Waals surface area contributed by atoms with Gasteiger partial charge in [0, 0.05) is 10.6 Å². The summed E-state index contributed by atoms with van der Waals surface area (Å²) in [7, 11) is -1.46. The van der Waals surface area contributed by atoms with Crippen molar-refractivity contribution in [2.75, 3.05) is 0 Å². The Morgan fingerprint density at radius 3 is 1.67 bits per heavy atom. The summed E-state index contributed by atoms with van der Waals surface area (Å²) in [5.41, 5.74) is 2.48. The van der Waals surface area contributed by atoms with Gasteiger partial charge in [0.25, 0.3) is 0 Å². The maximum absolute atomic E-state index is 12.5. The first-order valence-corrected chi connectivity index (χ1v) is 7.65. The molecule has 0 aliphatic carbocycles. The first-order chi connectivity index (χ1) is 8.74. The van der Waals surface area contributed by atoms with E-state index in [1.165, 1.54) is 11.1 Å². The lowest BCUT2D eigenvalue weighted by Crippen LogP contribution is -2.07. The molecule has 0 amide bonds. The highest BCUT2D eigenvalue weighted by molar-refractivity contribution is 7.61. The minimum Gasteiger partial charge on any atom is -0.277 e. The summed E-state index contributed by atoms with van der Waals surface area (Å²) in [6, 6.07) is 16.2. The van der Waals surface area contributed by atoms with Crippen LogP contribution in [-0.4, -0.2) is 0 Å². The molecule has 1 nitrogen and oxygen atoms in total. The molecule has 2 aromatic rings. The molecule has 2 heteroatoms. The topological polar surface area (TPSA) is 17.1 Å². The van der Waals surface area contributed by atoms with E-state index in [0.717, 1.165) is 23.5 Å². The van der Waals surface area contributed by atoms with Crippen LogP contribution < -0.4 is 10.6 Å². The largest absolute Gasteiger partial charge is 0.277 e. The molecular weight excluding hydrogens is 239 g/mol. The third-order valence-electron chi connectivity index (χ3n) is 3.11. The van der Waals surface area contributed by atoms with E-state index < -0.39 is 7.80 Å². The lowest BCUT2D eigenvalue weighted by atomic mass is 10.2. The van der Waals surface area contributed by atoms with Crippen LogP contribution in [0.25, 0.3) is 0 Å². The SMILES string of the molecule is CCc1cccc([P](=O)c2cccc(CC)c2)c1. The monoisotopic (exact) mass is 257 g/mol. The van der Waals surface area contributed by atoms with Crippen molar-refractivity contribution in [3.8, 4) is 0 Å². The minimum absolute atomic E-state index is 0.928. The second kappa shape index (κ2) is 5.93. The molecule has 18 heavy (non-hydrogen) atoms. The van der Waals surface area contributed by atoms with E-state index in [-0.39, 0.29) is 0 Å². The molecular formula is C16H18OP. The first-order valence-electron chi connectivity index (χ1n) is 6.39. The number of rotatable bonds is 4. The van der Waals surface area contributed by atoms with Gasteiger partial charge in [-0.15, -0.1) is 0 Å². The fourth-order valence-electron chi connectivity index (χ4n) is 1.95. The molecule has 2 aromatic carbocycles. The van der Waals surface area contributed by atoms with Crippen molar-refractivity contribution in [1.82, 2.24) is 0 Å². The normalized spacial score (nSPS) is 10.3. The van der Waals surface area contributed by atoms with Crippen LogP contribution in [0.5, 0.6) is 0 Å². The Kier molecular flexibility index (Phi) is 4.28. The quantitative estimate of drug-likeness (QED) is 0.765. The van der Waals surface area contributed by atoms with Crippen LogP contribution in [0.1, 0.15) is 25.0 Å². The second-order valence-electron chi connectivity index (χ2n) is 4.34. The lowest BCUT2D eigenvalue weighted by Gasteiger charge is -2.05. The number of benzene rings is 2. The molecule has 0 saturated heterocycles. The summed E-state index contributed by atoms with van der Waals surface area (Å²) in [5.74, 6) is 0. The number of aryl methyl sites for hydroxylation is 2. The molecule has 0 unspecified atom stereocenters. The van der Waals surface area contributed by atoms with Gasteiger partial charge >= 0.3 is 0 Å². The van der Waals surface area contributed by atoms with Gasteiger partial charge in [0.1, 0.15) is 7.80 Å². The molecule has 0 spiro atoms. The predicted molar refractivity (Wildman–Crippen MR) is 78.5 cm³/mol. The maximum atomic E-state index is 12.5. The van der Waals surface area contributed by atoms with Gasteiger partial charge in [-0.1, -0.05) is 38.1 Å². The fourth-order valence-corrected chi connectivity index (χ4v) is 3.26. The van der Waals surface area contributed by atoms with E-state index in [1.54, 1.807) is 0 Å². The highest BCUT2D eigenvalue weighted by Crippen LogP contribution is 2.20. The summed E-state index contributed by atoms with van der Waals surface area (Å²) in [5, 5.41) is 1.86. The highest BCUT2D eigenvalue weighted by atomic mass is 31.1.